The molecule has 0 saturated carbocycles. The van der Waals surface area contributed by atoms with Crippen molar-refractivity contribution in [3.05, 3.63) is 60.2 Å². The third-order valence-electron chi connectivity index (χ3n) is 3.27. The molecule has 0 aliphatic heterocycles. The SMILES string of the molecule is C=CCc1c(C#N)ccc2c1-c1ccccc1-2. The number of benzene rings is 2. The van der Waals surface area contributed by atoms with Gasteiger partial charge in [0.2, 0.25) is 0 Å². The number of hydrogen-bond donors (Lipinski definition) is 0. The van der Waals surface area contributed by atoms with Gasteiger partial charge < -0.3 is 0 Å². The van der Waals surface area contributed by atoms with Gasteiger partial charge in [0.15, 0.2) is 0 Å². The van der Waals surface area contributed by atoms with Crippen LogP contribution in [0.3, 0.4) is 0 Å². The Morgan fingerprint density at radius 2 is 1.82 bits per heavy atom. The van der Waals surface area contributed by atoms with Gasteiger partial charge in [0.1, 0.15) is 0 Å². The minimum atomic E-state index is 0.750. The molecule has 2 aromatic carbocycles. The average Bonchev–Trinajstić information content (AvgIpc) is 2.35. The molecular weight excluding hydrogens is 206 g/mol. The molecular formula is C16H11N. The molecule has 0 bridgehead atoms. The monoisotopic (exact) mass is 217 g/mol. The fraction of sp³-hybridized carbons (Fsp3) is 0.0625. The van der Waals surface area contributed by atoms with Crippen LogP contribution in [0.4, 0.5) is 0 Å². The largest absolute Gasteiger partial charge is 0.192 e. The van der Waals surface area contributed by atoms with Crippen LogP contribution < -0.4 is 0 Å². The number of nitriles is 1. The summed E-state index contributed by atoms with van der Waals surface area (Å²) in [5.41, 5.74) is 6.92. The second kappa shape index (κ2) is 3.61. The van der Waals surface area contributed by atoms with E-state index in [-0.39, 0.29) is 0 Å². The van der Waals surface area contributed by atoms with Crippen LogP contribution in [0.1, 0.15) is 11.1 Å². The molecule has 0 amide bonds. The van der Waals surface area contributed by atoms with Crippen molar-refractivity contribution in [2.45, 2.75) is 6.42 Å². The molecule has 0 N–H and O–H groups in total. The Bertz CT molecular complexity index is 660. The number of rotatable bonds is 2. The number of fused-ring (bicyclic) bond motifs is 4. The molecule has 1 nitrogen and oxygen atoms in total. The first-order valence-electron chi connectivity index (χ1n) is 5.63. The molecule has 1 aliphatic carbocycles. The highest BCUT2D eigenvalue weighted by Crippen LogP contribution is 2.49. The Kier molecular flexibility index (Phi) is 2.09. The highest BCUT2D eigenvalue weighted by Gasteiger charge is 2.25. The Hall–Kier alpha value is -2.33. The normalized spacial score (nSPS) is 10.8. The zero-order chi connectivity index (χ0) is 11.8. The molecule has 0 atom stereocenters. The first kappa shape index (κ1) is 9.86. The molecule has 80 valence electrons. The van der Waals surface area contributed by atoms with Crippen molar-refractivity contribution in [1.82, 2.24) is 0 Å². The van der Waals surface area contributed by atoms with E-state index in [9.17, 15) is 0 Å². The quantitative estimate of drug-likeness (QED) is 0.596. The van der Waals surface area contributed by atoms with E-state index >= 15 is 0 Å². The van der Waals surface area contributed by atoms with Crippen LogP contribution in [-0.4, -0.2) is 0 Å². The smallest absolute Gasteiger partial charge is 0.0994 e. The van der Waals surface area contributed by atoms with E-state index in [0.29, 0.717) is 0 Å². The van der Waals surface area contributed by atoms with Crippen molar-refractivity contribution >= 4 is 0 Å². The van der Waals surface area contributed by atoms with Crippen molar-refractivity contribution in [1.29, 1.82) is 5.26 Å². The minimum absolute atomic E-state index is 0.750. The van der Waals surface area contributed by atoms with Crippen LogP contribution in [0, 0.1) is 11.3 Å². The van der Waals surface area contributed by atoms with Crippen LogP contribution in [-0.2, 0) is 6.42 Å². The Morgan fingerprint density at radius 3 is 2.53 bits per heavy atom. The van der Waals surface area contributed by atoms with E-state index in [1.54, 1.807) is 0 Å². The van der Waals surface area contributed by atoms with Crippen molar-refractivity contribution in [2.75, 3.05) is 0 Å². The summed E-state index contributed by atoms with van der Waals surface area (Å²) in [5, 5.41) is 9.15. The molecule has 3 rings (SSSR count). The summed E-state index contributed by atoms with van der Waals surface area (Å²) in [6.07, 6.45) is 2.61. The molecule has 0 aromatic heterocycles. The molecule has 17 heavy (non-hydrogen) atoms. The fourth-order valence-electron chi connectivity index (χ4n) is 2.51. The Labute approximate surface area is 101 Å². The van der Waals surface area contributed by atoms with Crippen molar-refractivity contribution in [3.8, 4) is 28.3 Å². The van der Waals surface area contributed by atoms with Crippen LogP contribution in [0.5, 0.6) is 0 Å². The number of nitrogens with zero attached hydrogens (tertiary/aromatic N) is 1. The van der Waals surface area contributed by atoms with Crippen LogP contribution in [0.25, 0.3) is 22.3 Å². The van der Waals surface area contributed by atoms with Crippen molar-refractivity contribution < 1.29 is 0 Å². The summed E-state index contributed by atoms with van der Waals surface area (Å²) in [5.74, 6) is 0. The Balaban J connectivity index is 2.27. The molecule has 0 spiro atoms. The van der Waals surface area contributed by atoms with Crippen LogP contribution in [0.15, 0.2) is 49.1 Å². The van der Waals surface area contributed by atoms with Gasteiger partial charge >= 0.3 is 0 Å². The average molecular weight is 217 g/mol. The number of allylic oxidation sites excluding steroid dienone is 1. The maximum Gasteiger partial charge on any atom is 0.0994 e. The maximum atomic E-state index is 9.15. The predicted octanol–water partition coefficient (Wildman–Crippen LogP) is 3.93. The highest BCUT2D eigenvalue weighted by molar-refractivity contribution is 6.04. The zero-order valence-electron chi connectivity index (χ0n) is 9.40. The lowest BCUT2D eigenvalue weighted by atomic mass is 9.76. The molecule has 0 fully saturated rings. The topological polar surface area (TPSA) is 23.8 Å². The van der Waals surface area contributed by atoms with Gasteiger partial charge in [-0.2, -0.15) is 5.26 Å². The molecule has 1 heteroatoms. The lowest BCUT2D eigenvalue weighted by Crippen LogP contribution is -2.04. The van der Waals surface area contributed by atoms with Gasteiger partial charge in [-0.05, 0) is 40.3 Å². The molecule has 0 saturated heterocycles. The predicted molar refractivity (Wildman–Crippen MR) is 69.5 cm³/mol. The first-order valence-corrected chi connectivity index (χ1v) is 5.63. The van der Waals surface area contributed by atoms with Crippen LogP contribution in [0.2, 0.25) is 0 Å². The van der Waals surface area contributed by atoms with Crippen molar-refractivity contribution in [3.63, 3.8) is 0 Å². The summed E-state index contributed by atoms with van der Waals surface area (Å²) in [6.45, 7) is 3.77. The van der Waals surface area contributed by atoms with Gasteiger partial charge in [-0.3, -0.25) is 0 Å². The molecule has 0 heterocycles. The second-order valence-corrected chi connectivity index (χ2v) is 4.16. The standard InChI is InChI=1S/C16H11N/c1-2-5-12-11(10-17)8-9-15-13-6-3-4-7-14(13)16(12)15/h2-4,6-9H,1,5H2. The number of hydrogen-bond acceptors (Lipinski definition) is 1. The summed E-state index contributed by atoms with van der Waals surface area (Å²) in [4.78, 5) is 0. The fourth-order valence-corrected chi connectivity index (χ4v) is 2.51. The van der Waals surface area contributed by atoms with E-state index in [2.05, 4.69) is 24.8 Å². The summed E-state index contributed by atoms with van der Waals surface area (Å²) in [6, 6.07) is 14.6. The van der Waals surface area contributed by atoms with E-state index < -0.39 is 0 Å². The third kappa shape index (κ3) is 1.24. The van der Waals surface area contributed by atoms with Crippen LogP contribution >= 0.6 is 0 Å². The van der Waals surface area contributed by atoms with Gasteiger partial charge in [-0.1, -0.05) is 36.4 Å². The van der Waals surface area contributed by atoms with Gasteiger partial charge in [-0.15, -0.1) is 6.58 Å². The lowest BCUT2D eigenvalue weighted by Gasteiger charge is -2.27. The van der Waals surface area contributed by atoms with E-state index in [4.69, 9.17) is 5.26 Å². The van der Waals surface area contributed by atoms with E-state index in [1.807, 2.05) is 30.3 Å². The summed E-state index contributed by atoms with van der Waals surface area (Å²) < 4.78 is 0. The molecule has 1 aliphatic rings. The van der Waals surface area contributed by atoms with Crippen molar-refractivity contribution in [2.24, 2.45) is 0 Å². The minimum Gasteiger partial charge on any atom is -0.192 e. The van der Waals surface area contributed by atoms with E-state index in [0.717, 1.165) is 17.5 Å². The van der Waals surface area contributed by atoms with Gasteiger partial charge in [0.25, 0.3) is 0 Å². The maximum absolute atomic E-state index is 9.15. The van der Waals surface area contributed by atoms with E-state index in [1.165, 1.54) is 22.3 Å². The summed E-state index contributed by atoms with van der Waals surface area (Å²) in [7, 11) is 0. The summed E-state index contributed by atoms with van der Waals surface area (Å²) >= 11 is 0. The zero-order valence-corrected chi connectivity index (χ0v) is 9.40. The van der Waals surface area contributed by atoms with Gasteiger partial charge in [-0.25, -0.2) is 0 Å². The molecule has 2 aromatic rings. The Morgan fingerprint density at radius 1 is 1.06 bits per heavy atom. The third-order valence-corrected chi connectivity index (χ3v) is 3.27. The molecule has 0 unspecified atom stereocenters. The molecule has 0 radical (unpaired) electrons. The van der Waals surface area contributed by atoms with Gasteiger partial charge in [0, 0.05) is 0 Å². The lowest BCUT2D eigenvalue weighted by molar-refractivity contribution is 1.24. The van der Waals surface area contributed by atoms with Gasteiger partial charge in [0.05, 0.1) is 11.6 Å². The highest BCUT2D eigenvalue weighted by atomic mass is 14.3. The first-order chi connectivity index (χ1) is 8.36. The second-order valence-electron chi connectivity index (χ2n) is 4.16.